The normalized spacial score (nSPS) is 8.86. The molecule has 0 amide bonds. The molecule has 3 nitrogen and oxygen atoms in total. The molecule has 0 aliphatic heterocycles. The van der Waals surface area contributed by atoms with Crippen molar-refractivity contribution >= 4 is 12.4 Å². The van der Waals surface area contributed by atoms with Crippen molar-refractivity contribution in [3.63, 3.8) is 0 Å². The van der Waals surface area contributed by atoms with Gasteiger partial charge in [-0.05, 0) is 12.1 Å². The zero-order valence-electron chi connectivity index (χ0n) is 7.33. The zero-order chi connectivity index (χ0) is 8.93. The topological polar surface area (TPSA) is 35.0 Å². The van der Waals surface area contributed by atoms with Crippen molar-refractivity contribution in [3.05, 3.63) is 48.9 Å². The van der Waals surface area contributed by atoms with Crippen LogP contribution in [0.1, 0.15) is 0 Å². The van der Waals surface area contributed by atoms with E-state index in [4.69, 9.17) is 4.74 Å². The second-order valence-electron chi connectivity index (χ2n) is 2.46. The Morgan fingerprint density at radius 1 is 1.00 bits per heavy atom. The first kappa shape index (κ1) is 10.5. The summed E-state index contributed by atoms with van der Waals surface area (Å²) in [5.74, 6) is 1.27. The Morgan fingerprint density at radius 3 is 2.43 bits per heavy atom. The lowest BCUT2D eigenvalue weighted by Gasteiger charge is -2.01. The summed E-state index contributed by atoms with van der Waals surface area (Å²) in [4.78, 5) is 7.88. The Kier molecular flexibility index (Phi) is 3.88. The van der Waals surface area contributed by atoms with Crippen LogP contribution in [0, 0.1) is 0 Å². The number of benzene rings is 1. The summed E-state index contributed by atoms with van der Waals surface area (Å²) in [5, 5.41) is 0. The second kappa shape index (κ2) is 5.19. The number of aromatic nitrogens is 2. The predicted octanol–water partition coefficient (Wildman–Crippen LogP) is 2.69. The molecule has 0 spiro atoms. The quantitative estimate of drug-likeness (QED) is 0.761. The molecule has 72 valence electrons. The lowest BCUT2D eigenvalue weighted by molar-refractivity contribution is 0.460. The van der Waals surface area contributed by atoms with Gasteiger partial charge in [0.05, 0.1) is 6.20 Å². The van der Waals surface area contributed by atoms with Crippen LogP contribution in [0.3, 0.4) is 0 Å². The molecule has 1 aromatic carbocycles. The number of halogens is 1. The third-order valence-electron chi connectivity index (χ3n) is 1.51. The molecule has 0 aliphatic rings. The van der Waals surface area contributed by atoms with E-state index in [1.165, 1.54) is 0 Å². The van der Waals surface area contributed by atoms with E-state index in [9.17, 15) is 0 Å². The van der Waals surface area contributed by atoms with E-state index < -0.39 is 0 Å². The van der Waals surface area contributed by atoms with Gasteiger partial charge in [0.15, 0.2) is 0 Å². The van der Waals surface area contributed by atoms with Crippen molar-refractivity contribution < 1.29 is 4.74 Å². The van der Waals surface area contributed by atoms with Gasteiger partial charge in [0, 0.05) is 12.4 Å². The first-order valence-corrected chi connectivity index (χ1v) is 3.94. The van der Waals surface area contributed by atoms with Crippen LogP contribution in [0.15, 0.2) is 48.9 Å². The van der Waals surface area contributed by atoms with E-state index in [-0.39, 0.29) is 12.4 Å². The van der Waals surface area contributed by atoms with E-state index in [1.807, 2.05) is 30.3 Å². The Bertz CT molecular complexity index is 329. The number of hydrogen-bond acceptors (Lipinski definition) is 3. The number of nitrogens with zero attached hydrogens (tertiary/aromatic N) is 2. The lowest BCUT2D eigenvalue weighted by atomic mass is 10.3. The number of hydrogen-bond donors (Lipinski definition) is 0. The molecule has 0 saturated heterocycles. The molecule has 14 heavy (non-hydrogen) atoms. The molecule has 0 atom stereocenters. The van der Waals surface area contributed by atoms with Crippen LogP contribution in [0.4, 0.5) is 0 Å². The maximum Gasteiger partial charge on any atom is 0.237 e. The van der Waals surface area contributed by atoms with Gasteiger partial charge in [0.1, 0.15) is 5.75 Å². The highest BCUT2D eigenvalue weighted by atomic mass is 35.5. The van der Waals surface area contributed by atoms with Crippen LogP contribution in [0.25, 0.3) is 0 Å². The molecular formula is C10H9ClN2O. The van der Waals surface area contributed by atoms with Gasteiger partial charge in [0.25, 0.3) is 0 Å². The standard InChI is InChI=1S/C10H8N2O.ClH/c1-2-4-9(5-3-1)13-10-8-11-6-7-12-10;/h1-8H;1H. The molecule has 0 N–H and O–H groups in total. The summed E-state index contributed by atoms with van der Waals surface area (Å²) >= 11 is 0. The number of para-hydroxylation sites is 1. The van der Waals surface area contributed by atoms with Crippen LogP contribution in [-0.2, 0) is 0 Å². The second-order valence-corrected chi connectivity index (χ2v) is 2.46. The van der Waals surface area contributed by atoms with Gasteiger partial charge in [0.2, 0.25) is 5.88 Å². The first-order valence-electron chi connectivity index (χ1n) is 3.94. The van der Waals surface area contributed by atoms with Crippen LogP contribution in [0.2, 0.25) is 0 Å². The summed E-state index contributed by atoms with van der Waals surface area (Å²) in [7, 11) is 0. The van der Waals surface area contributed by atoms with Crippen molar-refractivity contribution in [3.8, 4) is 11.6 Å². The summed E-state index contributed by atoms with van der Waals surface area (Å²) in [6.07, 6.45) is 4.78. The molecule has 0 saturated carbocycles. The number of ether oxygens (including phenoxy) is 1. The van der Waals surface area contributed by atoms with Gasteiger partial charge in [-0.15, -0.1) is 12.4 Å². The van der Waals surface area contributed by atoms with Crippen LogP contribution in [0.5, 0.6) is 11.6 Å². The minimum absolute atomic E-state index is 0. The van der Waals surface area contributed by atoms with Gasteiger partial charge in [-0.3, -0.25) is 4.98 Å². The average Bonchev–Trinajstić information content (AvgIpc) is 2.21. The van der Waals surface area contributed by atoms with Crippen LogP contribution < -0.4 is 4.74 Å². The lowest BCUT2D eigenvalue weighted by Crippen LogP contribution is -1.86. The molecule has 0 radical (unpaired) electrons. The molecular weight excluding hydrogens is 200 g/mol. The Balaban J connectivity index is 0.000000980. The smallest absolute Gasteiger partial charge is 0.237 e. The Labute approximate surface area is 88.2 Å². The highest BCUT2D eigenvalue weighted by molar-refractivity contribution is 5.85. The molecule has 4 heteroatoms. The van der Waals surface area contributed by atoms with Crippen molar-refractivity contribution in [1.29, 1.82) is 0 Å². The molecule has 1 heterocycles. The fourth-order valence-electron chi connectivity index (χ4n) is 0.947. The Hall–Kier alpha value is -1.61. The maximum atomic E-state index is 5.40. The van der Waals surface area contributed by atoms with Gasteiger partial charge < -0.3 is 4.74 Å². The van der Waals surface area contributed by atoms with Crippen LogP contribution in [-0.4, -0.2) is 9.97 Å². The van der Waals surface area contributed by atoms with Gasteiger partial charge in [-0.2, -0.15) is 0 Å². The highest BCUT2D eigenvalue weighted by Crippen LogP contribution is 2.16. The zero-order valence-corrected chi connectivity index (χ0v) is 8.15. The molecule has 2 aromatic rings. The van der Waals surface area contributed by atoms with E-state index in [2.05, 4.69) is 9.97 Å². The van der Waals surface area contributed by atoms with E-state index in [0.717, 1.165) is 5.75 Å². The Morgan fingerprint density at radius 2 is 1.79 bits per heavy atom. The van der Waals surface area contributed by atoms with Crippen molar-refractivity contribution in [2.45, 2.75) is 0 Å². The monoisotopic (exact) mass is 208 g/mol. The van der Waals surface area contributed by atoms with Gasteiger partial charge in [-0.25, -0.2) is 4.98 Å². The highest BCUT2D eigenvalue weighted by Gasteiger charge is 1.94. The molecule has 0 fully saturated rings. The van der Waals surface area contributed by atoms with E-state index in [1.54, 1.807) is 18.6 Å². The van der Waals surface area contributed by atoms with Crippen molar-refractivity contribution in [2.24, 2.45) is 0 Å². The largest absolute Gasteiger partial charge is 0.438 e. The van der Waals surface area contributed by atoms with Crippen molar-refractivity contribution in [1.82, 2.24) is 9.97 Å². The fraction of sp³-hybridized carbons (Fsp3) is 0. The summed E-state index contributed by atoms with van der Waals surface area (Å²) < 4.78 is 5.40. The average molecular weight is 209 g/mol. The third-order valence-corrected chi connectivity index (χ3v) is 1.51. The van der Waals surface area contributed by atoms with E-state index >= 15 is 0 Å². The summed E-state index contributed by atoms with van der Waals surface area (Å²) in [6, 6.07) is 9.49. The minimum atomic E-state index is 0. The molecule has 0 unspecified atom stereocenters. The summed E-state index contributed by atoms with van der Waals surface area (Å²) in [5.41, 5.74) is 0. The van der Waals surface area contributed by atoms with E-state index in [0.29, 0.717) is 5.88 Å². The molecule has 2 rings (SSSR count). The third kappa shape index (κ3) is 2.71. The van der Waals surface area contributed by atoms with Gasteiger partial charge in [-0.1, -0.05) is 18.2 Å². The minimum Gasteiger partial charge on any atom is -0.438 e. The first-order chi connectivity index (χ1) is 6.45. The number of rotatable bonds is 2. The predicted molar refractivity (Wildman–Crippen MR) is 55.8 cm³/mol. The summed E-state index contributed by atoms with van der Waals surface area (Å²) in [6.45, 7) is 0. The van der Waals surface area contributed by atoms with Crippen molar-refractivity contribution in [2.75, 3.05) is 0 Å². The maximum absolute atomic E-state index is 5.40. The van der Waals surface area contributed by atoms with Gasteiger partial charge >= 0.3 is 0 Å². The molecule has 0 bridgehead atoms. The molecule has 0 aliphatic carbocycles. The van der Waals surface area contributed by atoms with Crippen LogP contribution >= 0.6 is 12.4 Å². The fourth-order valence-corrected chi connectivity index (χ4v) is 0.947. The SMILES string of the molecule is Cl.c1ccc(Oc2cnccn2)cc1. The molecule has 1 aromatic heterocycles.